The fourth-order valence-electron chi connectivity index (χ4n) is 1.45. The topological polar surface area (TPSA) is 73.9 Å². The van der Waals surface area contributed by atoms with Crippen LogP contribution in [0.5, 0.6) is 11.5 Å². The van der Waals surface area contributed by atoms with Crippen molar-refractivity contribution >= 4 is 12.2 Å². The summed E-state index contributed by atoms with van der Waals surface area (Å²) in [7, 11) is 1.52. The highest BCUT2D eigenvalue weighted by atomic mass is 16.6. The summed E-state index contributed by atoms with van der Waals surface area (Å²) in [5, 5.41) is 3.42. The number of benzene rings is 1. The molecular formula is C12H14N2O3. The average molecular weight is 234 g/mol. The largest absolute Gasteiger partial charge is 0.493 e. The van der Waals surface area contributed by atoms with Crippen LogP contribution in [0.4, 0.5) is 0 Å². The Morgan fingerprint density at radius 1 is 1.47 bits per heavy atom. The molecule has 17 heavy (non-hydrogen) atoms. The van der Waals surface area contributed by atoms with Crippen LogP contribution in [0.15, 0.2) is 23.3 Å². The minimum Gasteiger partial charge on any atom is -0.493 e. The van der Waals surface area contributed by atoms with Gasteiger partial charge in [0.05, 0.1) is 19.2 Å². The minimum atomic E-state index is -0.191. The van der Waals surface area contributed by atoms with Gasteiger partial charge in [0.2, 0.25) is 0 Å². The summed E-state index contributed by atoms with van der Waals surface area (Å²) in [6.45, 7) is 0. The number of ether oxygens (including phenoxy) is 2. The van der Waals surface area contributed by atoms with Crippen molar-refractivity contribution in [2.45, 2.75) is 12.8 Å². The molecule has 0 atom stereocenters. The molecule has 2 rings (SSSR count). The van der Waals surface area contributed by atoms with E-state index in [2.05, 4.69) is 5.10 Å². The molecule has 1 fully saturated rings. The number of rotatable bonds is 4. The van der Waals surface area contributed by atoms with Crippen LogP contribution in [0.2, 0.25) is 0 Å². The van der Waals surface area contributed by atoms with Gasteiger partial charge in [-0.3, -0.25) is 4.79 Å². The number of hydrazone groups is 1. The van der Waals surface area contributed by atoms with Gasteiger partial charge in [0, 0.05) is 0 Å². The van der Waals surface area contributed by atoms with Gasteiger partial charge in [-0.1, -0.05) is 0 Å². The minimum absolute atomic E-state index is 0.0602. The van der Waals surface area contributed by atoms with E-state index in [1.807, 2.05) is 0 Å². The summed E-state index contributed by atoms with van der Waals surface area (Å²) in [6.07, 6.45) is 3.33. The van der Waals surface area contributed by atoms with E-state index in [4.69, 9.17) is 15.3 Å². The van der Waals surface area contributed by atoms with Crippen LogP contribution in [-0.4, -0.2) is 19.3 Å². The molecule has 0 amide bonds. The summed E-state index contributed by atoms with van der Waals surface area (Å²) < 4.78 is 10.4. The van der Waals surface area contributed by atoms with Crippen LogP contribution >= 0.6 is 0 Å². The van der Waals surface area contributed by atoms with Gasteiger partial charge >= 0.3 is 5.97 Å². The third kappa shape index (κ3) is 2.75. The van der Waals surface area contributed by atoms with Gasteiger partial charge in [0.15, 0.2) is 11.5 Å². The molecule has 5 heteroatoms. The Morgan fingerprint density at radius 2 is 2.24 bits per heavy atom. The lowest BCUT2D eigenvalue weighted by Gasteiger charge is -2.09. The van der Waals surface area contributed by atoms with E-state index in [1.54, 1.807) is 18.2 Å². The Labute approximate surface area is 99.2 Å². The zero-order valence-corrected chi connectivity index (χ0v) is 9.55. The normalized spacial score (nSPS) is 14.9. The fourth-order valence-corrected chi connectivity index (χ4v) is 1.45. The maximum absolute atomic E-state index is 11.5. The molecule has 0 bridgehead atoms. The zero-order valence-electron chi connectivity index (χ0n) is 9.55. The molecule has 0 unspecified atom stereocenters. The maximum atomic E-state index is 11.5. The first-order valence-electron chi connectivity index (χ1n) is 5.37. The first-order chi connectivity index (χ1) is 8.24. The molecule has 0 saturated heterocycles. The number of carbonyl (C=O) groups excluding carboxylic acids is 1. The van der Waals surface area contributed by atoms with E-state index < -0.39 is 0 Å². The lowest BCUT2D eigenvalue weighted by atomic mass is 10.2. The Bertz CT molecular complexity index is 453. The van der Waals surface area contributed by atoms with E-state index in [0.717, 1.165) is 18.4 Å². The Balaban J connectivity index is 2.17. The summed E-state index contributed by atoms with van der Waals surface area (Å²) in [4.78, 5) is 11.5. The van der Waals surface area contributed by atoms with Crippen LogP contribution in [0.3, 0.4) is 0 Å². The maximum Gasteiger partial charge on any atom is 0.314 e. The fraction of sp³-hybridized carbons (Fsp3) is 0.333. The molecule has 0 radical (unpaired) electrons. The number of nitrogens with zero attached hydrogens (tertiary/aromatic N) is 1. The van der Waals surface area contributed by atoms with Crippen molar-refractivity contribution in [3.05, 3.63) is 23.8 Å². The molecule has 0 aliphatic heterocycles. The highest BCUT2D eigenvalue weighted by molar-refractivity contribution is 5.82. The summed E-state index contributed by atoms with van der Waals surface area (Å²) in [5.41, 5.74) is 0.788. The second kappa shape index (κ2) is 4.86. The lowest BCUT2D eigenvalue weighted by Crippen LogP contribution is -2.10. The van der Waals surface area contributed by atoms with Crippen molar-refractivity contribution in [3.63, 3.8) is 0 Å². The van der Waals surface area contributed by atoms with Crippen molar-refractivity contribution in [3.8, 4) is 11.5 Å². The third-order valence-corrected chi connectivity index (χ3v) is 2.53. The Morgan fingerprint density at radius 3 is 2.82 bits per heavy atom. The molecule has 5 nitrogen and oxygen atoms in total. The van der Waals surface area contributed by atoms with E-state index in [-0.39, 0.29) is 11.9 Å². The second-order valence-corrected chi connectivity index (χ2v) is 3.88. The molecule has 1 aliphatic rings. The van der Waals surface area contributed by atoms with Crippen molar-refractivity contribution in [1.82, 2.24) is 0 Å². The summed E-state index contributed by atoms with van der Waals surface area (Å²) in [5.74, 6) is 5.86. The summed E-state index contributed by atoms with van der Waals surface area (Å²) in [6, 6.07) is 5.15. The highest BCUT2D eigenvalue weighted by Gasteiger charge is 2.32. The van der Waals surface area contributed by atoms with E-state index in [1.165, 1.54) is 13.3 Å². The first-order valence-corrected chi connectivity index (χ1v) is 5.37. The predicted octanol–water partition coefficient (Wildman–Crippen LogP) is 1.30. The van der Waals surface area contributed by atoms with Gasteiger partial charge < -0.3 is 15.3 Å². The monoisotopic (exact) mass is 234 g/mol. The van der Waals surface area contributed by atoms with E-state index in [0.29, 0.717) is 11.5 Å². The van der Waals surface area contributed by atoms with Crippen molar-refractivity contribution in [2.75, 3.05) is 7.11 Å². The van der Waals surface area contributed by atoms with E-state index in [9.17, 15) is 4.79 Å². The second-order valence-electron chi connectivity index (χ2n) is 3.88. The van der Waals surface area contributed by atoms with Gasteiger partial charge in [-0.25, -0.2) is 0 Å². The smallest absolute Gasteiger partial charge is 0.314 e. The number of nitrogens with two attached hydrogens (primary N) is 1. The van der Waals surface area contributed by atoms with Crippen LogP contribution < -0.4 is 15.3 Å². The number of methoxy groups -OCH3 is 1. The average Bonchev–Trinajstić information content (AvgIpc) is 3.15. The number of esters is 1. The number of hydrogen-bond donors (Lipinski definition) is 1. The molecule has 0 heterocycles. The third-order valence-electron chi connectivity index (χ3n) is 2.53. The van der Waals surface area contributed by atoms with Crippen LogP contribution in [0, 0.1) is 5.92 Å². The molecule has 1 aliphatic carbocycles. The summed E-state index contributed by atoms with van der Waals surface area (Å²) >= 11 is 0. The van der Waals surface area contributed by atoms with Crippen LogP contribution in [-0.2, 0) is 4.79 Å². The molecular weight excluding hydrogens is 220 g/mol. The Hall–Kier alpha value is -2.04. The first kappa shape index (κ1) is 11.4. The zero-order chi connectivity index (χ0) is 12.3. The number of carbonyl (C=O) groups is 1. The van der Waals surface area contributed by atoms with Crippen molar-refractivity contribution < 1.29 is 14.3 Å². The van der Waals surface area contributed by atoms with E-state index >= 15 is 0 Å². The quantitative estimate of drug-likeness (QED) is 0.280. The van der Waals surface area contributed by atoms with Crippen molar-refractivity contribution in [2.24, 2.45) is 16.9 Å². The molecule has 1 saturated carbocycles. The lowest BCUT2D eigenvalue weighted by molar-refractivity contribution is -0.135. The molecule has 90 valence electrons. The molecule has 1 aromatic carbocycles. The van der Waals surface area contributed by atoms with Gasteiger partial charge in [-0.15, -0.1) is 0 Å². The van der Waals surface area contributed by atoms with Gasteiger partial charge in [-0.05, 0) is 36.6 Å². The van der Waals surface area contributed by atoms with Crippen molar-refractivity contribution in [1.29, 1.82) is 0 Å². The predicted molar refractivity (Wildman–Crippen MR) is 63.1 cm³/mol. The molecule has 1 aromatic rings. The van der Waals surface area contributed by atoms with Gasteiger partial charge in [0.25, 0.3) is 0 Å². The molecule has 2 N–H and O–H groups in total. The standard InChI is InChI=1S/C12H14N2O3/c1-16-11-6-8(7-14-13)2-5-10(11)17-12(15)9-3-4-9/h2,5-7,9H,3-4,13H2,1H3. The van der Waals surface area contributed by atoms with Gasteiger partial charge in [0.1, 0.15) is 0 Å². The van der Waals surface area contributed by atoms with Gasteiger partial charge in [-0.2, -0.15) is 5.10 Å². The number of hydrogen-bond acceptors (Lipinski definition) is 5. The van der Waals surface area contributed by atoms with Crippen LogP contribution in [0.1, 0.15) is 18.4 Å². The molecule has 0 spiro atoms. The van der Waals surface area contributed by atoms with Crippen LogP contribution in [0.25, 0.3) is 0 Å². The highest BCUT2D eigenvalue weighted by Crippen LogP contribution is 2.33. The SMILES string of the molecule is COc1cc(C=NN)ccc1OC(=O)C1CC1. The Kier molecular flexibility index (Phi) is 3.27. The molecule has 0 aromatic heterocycles.